The molecule has 0 amide bonds. The highest BCUT2D eigenvalue weighted by Gasteiger charge is 2.23. The third-order valence-electron chi connectivity index (χ3n) is 7.18. The minimum absolute atomic E-state index is 0.0300. The highest BCUT2D eigenvalue weighted by molar-refractivity contribution is 5.96. The van der Waals surface area contributed by atoms with Gasteiger partial charge in [0.25, 0.3) is 5.56 Å². The molecule has 4 rings (SSSR count). The second kappa shape index (κ2) is 10.5. The van der Waals surface area contributed by atoms with Crippen molar-refractivity contribution in [3.63, 3.8) is 0 Å². The van der Waals surface area contributed by atoms with Gasteiger partial charge in [-0.1, -0.05) is 30.3 Å². The zero-order chi connectivity index (χ0) is 24.2. The average Bonchev–Trinajstić information content (AvgIpc) is 2.84. The fraction of sp³-hybridized carbons (Fsp3) is 0.444. The SMILES string of the molecule is CC(CCCc1cccc2nc(-c3cccc(C(=N)N)c3)c(=O)[nH]c12)N1CCC(N(C)C)CC1. The maximum Gasteiger partial charge on any atom is 0.274 e. The summed E-state index contributed by atoms with van der Waals surface area (Å²) in [6, 6.07) is 14.4. The van der Waals surface area contributed by atoms with Crippen molar-refractivity contribution < 1.29 is 0 Å². The molecule has 0 spiro atoms. The number of nitrogens with zero attached hydrogens (tertiary/aromatic N) is 3. The van der Waals surface area contributed by atoms with Crippen molar-refractivity contribution in [1.29, 1.82) is 5.41 Å². The molecule has 1 aliphatic heterocycles. The molecule has 180 valence electrons. The highest BCUT2D eigenvalue weighted by Crippen LogP contribution is 2.22. The molecule has 0 saturated carbocycles. The van der Waals surface area contributed by atoms with Crippen LogP contribution in [0.15, 0.2) is 47.3 Å². The van der Waals surface area contributed by atoms with Crippen molar-refractivity contribution in [3.8, 4) is 11.3 Å². The second-order valence-corrected chi connectivity index (χ2v) is 9.69. The Kier molecular flexibility index (Phi) is 7.44. The van der Waals surface area contributed by atoms with Gasteiger partial charge in [-0.2, -0.15) is 0 Å². The Labute approximate surface area is 201 Å². The van der Waals surface area contributed by atoms with E-state index in [1.54, 1.807) is 18.2 Å². The molecule has 2 aromatic carbocycles. The summed E-state index contributed by atoms with van der Waals surface area (Å²) in [4.78, 5) is 25.6. The lowest BCUT2D eigenvalue weighted by atomic mass is 9.99. The van der Waals surface area contributed by atoms with Crippen LogP contribution < -0.4 is 11.3 Å². The van der Waals surface area contributed by atoms with Crippen molar-refractivity contribution in [3.05, 3.63) is 63.9 Å². The van der Waals surface area contributed by atoms with E-state index in [0.29, 0.717) is 28.9 Å². The number of H-pyrrole nitrogens is 1. The molecule has 1 unspecified atom stereocenters. The molecular formula is C27H36N6O. The van der Waals surface area contributed by atoms with Crippen LogP contribution in [0.25, 0.3) is 22.3 Å². The summed E-state index contributed by atoms with van der Waals surface area (Å²) in [5.41, 5.74) is 9.70. The first kappa shape index (κ1) is 24.1. The van der Waals surface area contributed by atoms with Crippen LogP contribution in [0.4, 0.5) is 0 Å². The van der Waals surface area contributed by atoms with Crippen LogP contribution in [-0.4, -0.2) is 64.9 Å². The van der Waals surface area contributed by atoms with Gasteiger partial charge in [0, 0.05) is 23.2 Å². The number of nitrogens with two attached hydrogens (primary N) is 1. The number of fused-ring (bicyclic) bond motifs is 1. The van der Waals surface area contributed by atoms with Gasteiger partial charge < -0.3 is 20.5 Å². The Hall–Kier alpha value is -3.03. The van der Waals surface area contributed by atoms with Gasteiger partial charge in [0.1, 0.15) is 11.5 Å². The number of aromatic amines is 1. The van der Waals surface area contributed by atoms with E-state index in [1.807, 2.05) is 18.2 Å². The topological polar surface area (TPSA) is 102 Å². The molecule has 1 saturated heterocycles. The number of rotatable bonds is 8. The number of aromatic nitrogens is 2. The Morgan fingerprint density at radius 3 is 2.68 bits per heavy atom. The molecule has 0 aliphatic carbocycles. The van der Waals surface area contributed by atoms with Gasteiger partial charge in [0.2, 0.25) is 0 Å². The predicted octanol–water partition coefficient (Wildman–Crippen LogP) is 3.61. The summed E-state index contributed by atoms with van der Waals surface area (Å²) in [5.74, 6) is -0.0300. The number of nitrogen functional groups attached to an aromatic ring is 1. The van der Waals surface area contributed by atoms with Crippen molar-refractivity contribution in [1.82, 2.24) is 19.8 Å². The standard InChI is InChI=1S/C27H36N6O/c1-18(33-15-13-22(14-16-33)32(2)3)7-4-8-19-9-6-12-23-24(19)31-27(34)25(30-23)20-10-5-11-21(17-20)26(28)29/h5-6,9-12,17-18,22H,4,7-8,13-16H2,1-3H3,(H3,28,29)(H,31,34). The molecule has 1 aromatic heterocycles. The number of likely N-dealkylation sites (tertiary alicyclic amines) is 1. The smallest absolute Gasteiger partial charge is 0.274 e. The number of hydrogen-bond donors (Lipinski definition) is 3. The van der Waals surface area contributed by atoms with Gasteiger partial charge in [-0.25, -0.2) is 4.98 Å². The highest BCUT2D eigenvalue weighted by atomic mass is 16.1. The van der Waals surface area contributed by atoms with E-state index in [0.717, 1.165) is 35.9 Å². The Balaban J connectivity index is 1.45. The largest absolute Gasteiger partial charge is 0.384 e. The second-order valence-electron chi connectivity index (χ2n) is 9.69. The van der Waals surface area contributed by atoms with Crippen LogP contribution in [0, 0.1) is 5.41 Å². The monoisotopic (exact) mass is 460 g/mol. The summed E-state index contributed by atoms with van der Waals surface area (Å²) in [5, 5.41) is 7.66. The Bertz CT molecular complexity index is 1210. The molecule has 4 N–H and O–H groups in total. The zero-order valence-electron chi connectivity index (χ0n) is 20.5. The predicted molar refractivity (Wildman–Crippen MR) is 139 cm³/mol. The van der Waals surface area contributed by atoms with Gasteiger partial charge >= 0.3 is 0 Å². The first-order valence-corrected chi connectivity index (χ1v) is 12.2. The van der Waals surface area contributed by atoms with E-state index < -0.39 is 0 Å². The lowest BCUT2D eigenvalue weighted by molar-refractivity contribution is 0.110. The van der Waals surface area contributed by atoms with E-state index >= 15 is 0 Å². The number of nitrogens with one attached hydrogen (secondary N) is 2. The molecule has 1 aliphatic rings. The number of piperidine rings is 1. The van der Waals surface area contributed by atoms with Crippen LogP contribution >= 0.6 is 0 Å². The number of amidine groups is 1. The fourth-order valence-corrected chi connectivity index (χ4v) is 5.02. The third kappa shape index (κ3) is 5.37. The van der Waals surface area contributed by atoms with Crippen molar-refractivity contribution in [2.24, 2.45) is 5.73 Å². The van der Waals surface area contributed by atoms with Gasteiger partial charge in [0.15, 0.2) is 0 Å². The van der Waals surface area contributed by atoms with E-state index in [4.69, 9.17) is 11.1 Å². The summed E-state index contributed by atoms with van der Waals surface area (Å²) in [6.07, 6.45) is 5.60. The van der Waals surface area contributed by atoms with Gasteiger partial charge in [0.05, 0.1) is 11.0 Å². The van der Waals surface area contributed by atoms with Crippen molar-refractivity contribution >= 4 is 16.9 Å². The fourth-order valence-electron chi connectivity index (χ4n) is 5.02. The van der Waals surface area contributed by atoms with Gasteiger partial charge in [-0.3, -0.25) is 10.2 Å². The molecule has 7 heteroatoms. The van der Waals surface area contributed by atoms with E-state index in [-0.39, 0.29) is 11.4 Å². The van der Waals surface area contributed by atoms with Crippen LogP contribution in [0.2, 0.25) is 0 Å². The van der Waals surface area contributed by atoms with E-state index in [2.05, 4.69) is 46.9 Å². The molecule has 34 heavy (non-hydrogen) atoms. The van der Waals surface area contributed by atoms with E-state index in [1.165, 1.54) is 25.9 Å². The Morgan fingerprint density at radius 1 is 1.24 bits per heavy atom. The number of benzene rings is 2. The molecule has 2 heterocycles. The molecule has 7 nitrogen and oxygen atoms in total. The minimum atomic E-state index is -0.224. The summed E-state index contributed by atoms with van der Waals surface area (Å²) >= 11 is 0. The maximum atomic E-state index is 12.9. The summed E-state index contributed by atoms with van der Waals surface area (Å²) in [7, 11) is 4.36. The summed E-state index contributed by atoms with van der Waals surface area (Å²) < 4.78 is 0. The Morgan fingerprint density at radius 2 is 1.97 bits per heavy atom. The van der Waals surface area contributed by atoms with Gasteiger partial charge in [-0.05, 0) is 83.9 Å². The number of aryl methyl sites for hydroxylation is 1. The van der Waals surface area contributed by atoms with Crippen molar-refractivity contribution in [2.75, 3.05) is 27.2 Å². The van der Waals surface area contributed by atoms with E-state index in [9.17, 15) is 4.79 Å². The zero-order valence-corrected chi connectivity index (χ0v) is 20.5. The molecular weight excluding hydrogens is 424 g/mol. The van der Waals surface area contributed by atoms with Crippen LogP contribution in [-0.2, 0) is 6.42 Å². The minimum Gasteiger partial charge on any atom is -0.384 e. The molecule has 1 fully saturated rings. The lowest BCUT2D eigenvalue weighted by Gasteiger charge is -2.38. The normalized spacial score (nSPS) is 16.2. The quantitative estimate of drug-likeness (QED) is 0.352. The summed E-state index contributed by atoms with van der Waals surface area (Å²) in [6.45, 7) is 4.68. The van der Waals surface area contributed by atoms with Crippen LogP contribution in [0.3, 0.4) is 0 Å². The molecule has 0 bridgehead atoms. The molecule has 0 radical (unpaired) electrons. The number of para-hydroxylation sites is 1. The van der Waals surface area contributed by atoms with Crippen molar-refractivity contribution in [2.45, 2.75) is 51.1 Å². The van der Waals surface area contributed by atoms with Crippen LogP contribution in [0.1, 0.15) is 43.7 Å². The third-order valence-corrected chi connectivity index (χ3v) is 7.18. The number of hydrogen-bond acceptors (Lipinski definition) is 5. The molecule has 1 atom stereocenters. The molecule has 3 aromatic rings. The maximum absolute atomic E-state index is 12.9. The van der Waals surface area contributed by atoms with Crippen LogP contribution in [0.5, 0.6) is 0 Å². The average molecular weight is 461 g/mol. The first-order valence-electron chi connectivity index (χ1n) is 12.2. The van der Waals surface area contributed by atoms with Gasteiger partial charge in [-0.15, -0.1) is 0 Å². The first-order chi connectivity index (χ1) is 16.3. The lowest BCUT2D eigenvalue weighted by Crippen LogP contribution is -2.45.